The Balaban J connectivity index is 1.52. The number of benzene rings is 1. The van der Waals surface area contributed by atoms with Crippen molar-refractivity contribution >= 4 is 17.4 Å². The molecule has 0 saturated carbocycles. The van der Waals surface area contributed by atoms with Gasteiger partial charge in [-0.2, -0.15) is 0 Å². The molecule has 0 saturated heterocycles. The van der Waals surface area contributed by atoms with Gasteiger partial charge in [0.05, 0.1) is 12.6 Å². The molecule has 0 atom stereocenters. The van der Waals surface area contributed by atoms with Gasteiger partial charge in [0.1, 0.15) is 5.75 Å². The Kier molecular flexibility index (Phi) is 4.40. The van der Waals surface area contributed by atoms with Crippen LogP contribution in [0.3, 0.4) is 0 Å². The lowest BCUT2D eigenvalue weighted by atomic mass is 10.1. The molecule has 3 aromatic heterocycles. The Morgan fingerprint density at radius 1 is 1.04 bits per heavy atom. The Bertz CT molecular complexity index is 1080. The first-order chi connectivity index (χ1) is 13.2. The van der Waals surface area contributed by atoms with Crippen LogP contribution in [-0.2, 0) is 0 Å². The summed E-state index contributed by atoms with van der Waals surface area (Å²) in [5.41, 5.74) is 2.77. The lowest BCUT2D eigenvalue weighted by molar-refractivity contribution is 0.215. The molecule has 1 aromatic carbocycles. The molecule has 7 heteroatoms. The summed E-state index contributed by atoms with van der Waals surface area (Å²) in [6, 6.07) is 18.3. The Morgan fingerprint density at radius 2 is 1.89 bits per heavy atom. The lowest BCUT2D eigenvalue weighted by Gasteiger charge is -2.03. The van der Waals surface area contributed by atoms with E-state index in [2.05, 4.69) is 15.4 Å². The monoisotopic (exact) mass is 360 g/mol. The van der Waals surface area contributed by atoms with E-state index >= 15 is 0 Å². The number of amides is 1. The highest BCUT2D eigenvalue weighted by Gasteiger charge is 2.09. The van der Waals surface area contributed by atoms with E-state index in [9.17, 15) is 4.79 Å². The number of ether oxygens (including phenoxy) is 2. The smallest absolute Gasteiger partial charge is 0.418 e. The van der Waals surface area contributed by atoms with Crippen LogP contribution in [0.1, 0.15) is 0 Å². The zero-order chi connectivity index (χ0) is 18.6. The van der Waals surface area contributed by atoms with Gasteiger partial charge >= 0.3 is 6.09 Å². The summed E-state index contributed by atoms with van der Waals surface area (Å²) < 4.78 is 12.0. The highest BCUT2D eigenvalue weighted by Crippen LogP contribution is 2.23. The molecule has 0 spiro atoms. The number of anilines is 1. The second-order valence-electron chi connectivity index (χ2n) is 5.73. The number of nitrogens with zero attached hydrogens (tertiary/aromatic N) is 3. The highest BCUT2D eigenvalue weighted by molar-refractivity contribution is 5.86. The number of aromatic nitrogens is 3. The van der Waals surface area contributed by atoms with Crippen molar-refractivity contribution in [3.8, 4) is 22.8 Å². The van der Waals surface area contributed by atoms with Crippen LogP contribution in [0.2, 0.25) is 0 Å². The first-order valence-electron chi connectivity index (χ1n) is 8.25. The average Bonchev–Trinajstić information content (AvgIpc) is 3.10. The fourth-order valence-electron chi connectivity index (χ4n) is 2.63. The zero-order valence-corrected chi connectivity index (χ0v) is 14.5. The minimum Gasteiger partial charge on any atom is -0.481 e. The molecular formula is C20H16N4O3. The average molecular weight is 360 g/mol. The molecule has 7 nitrogen and oxygen atoms in total. The van der Waals surface area contributed by atoms with Gasteiger partial charge in [-0.3, -0.25) is 5.32 Å². The van der Waals surface area contributed by atoms with Crippen molar-refractivity contribution in [1.29, 1.82) is 0 Å². The summed E-state index contributed by atoms with van der Waals surface area (Å²) in [7, 11) is 1.58. The molecular weight excluding hydrogens is 344 g/mol. The maximum Gasteiger partial charge on any atom is 0.418 e. The maximum absolute atomic E-state index is 12.0. The number of hydrogen-bond donors (Lipinski definition) is 1. The summed E-state index contributed by atoms with van der Waals surface area (Å²) >= 11 is 0. The Labute approximate surface area is 155 Å². The topological polar surface area (TPSA) is 77.8 Å². The molecule has 0 aliphatic rings. The quantitative estimate of drug-likeness (QED) is 0.595. The van der Waals surface area contributed by atoms with E-state index in [0.717, 1.165) is 16.6 Å². The van der Waals surface area contributed by atoms with Crippen LogP contribution >= 0.6 is 0 Å². The second-order valence-corrected chi connectivity index (χ2v) is 5.73. The second kappa shape index (κ2) is 7.17. The van der Waals surface area contributed by atoms with Crippen LogP contribution in [0.15, 0.2) is 73.1 Å². The van der Waals surface area contributed by atoms with Crippen molar-refractivity contribution in [3.05, 3.63) is 73.1 Å². The highest BCUT2D eigenvalue weighted by atomic mass is 16.6. The first kappa shape index (κ1) is 16.6. The van der Waals surface area contributed by atoms with Gasteiger partial charge in [0, 0.05) is 30.1 Å². The van der Waals surface area contributed by atoms with E-state index in [1.165, 1.54) is 0 Å². The van der Waals surface area contributed by atoms with Crippen LogP contribution in [0.25, 0.3) is 16.6 Å². The number of fused-ring (bicyclic) bond motifs is 1. The predicted octanol–water partition coefficient (Wildman–Crippen LogP) is 4.02. The van der Waals surface area contributed by atoms with Crippen molar-refractivity contribution in [1.82, 2.24) is 14.6 Å². The largest absolute Gasteiger partial charge is 0.481 e. The normalized spacial score (nSPS) is 10.6. The summed E-state index contributed by atoms with van der Waals surface area (Å²) in [5, 5.41) is 6.96. The minimum atomic E-state index is -0.593. The summed E-state index contributed by atoms with van der Waals surface area (Å²) in [6.45, 7) is 0. The van der Waals surface area contributed by atoms with Gasteiger partial charge in [-0.05, 0) is 35.9 Å². The van der Waals surface area contributed by atoms with Crippen LogP contribution in [0, 0.1) is 0 Å². The van der Waals surface area contributed by atoms with Crippen molar-refractivity contribution < 1.29 is 14.3 Å². The van der Waals surface area contributed by atoms with E-state index < -0.39 is 6.09 Å². The first-order valence-corrected chi connectivity index (χ1v) is 8.25. The van der Waals surface area contributed by atoms with Gasteiger partial charge in [-0.15, -0.1) is 5.10 Å². The fourth-order valence-corrected chi connectivity index (χ4v) is 2.63. The summed E-state index contributed by atoms with van der Waals surface area (Å²) in [6.07, 6.45) is 2.98. The molecule has 0 radical (unpaired) electrons. The third-order valence-electron chi connectivity index (χ3n) is 3.93. The zero-order valence-electron chi connectivity index (χ0n) is 14.5. The molecule has 4 rings (SSSR count). The number of pyridine rings is 2. The molecule has 134 valence electrons. The van der Waals surface area contributed by atoms with Crippen molar-refractivity contribution in [2.75, 3.05) is 12.4 Å². The Morgan fingerprint density at radius 3 is 2.63 bits per heavy atom. The van der Waals surface area contributed by atoms with Crippen molar-refractivity contribution in [2.24, 2.45) is 0 Å². The third-order valence-corrected chi connectivity index (χ3v) is 3.93. The van der Waals surface area contributed by atoms with Crippen LogP contribution < -0.4 is 14.8 Å². The minimum absolute atomic E-state index is 0.404. The SMILES string of the molecule is COc1ccc(-c2ccn3nc(NC(=O)Oc4ccccc4)cc3c2)cn1. The molecule has 1 amide bonds. The molecule has 0 aliphatic carbocycles. The van der Waals surface area contributed by atoms with Gasteiger partial charge in [0.2, 0.25) is 5.88 Å². The predicted molar refractivity (Wildman–Crippen MR) is 101 cm³/mol. The van der Waals surface area contributed by atoms with Crippen LogP contribution in [0.4, 0.5) is 10.6 Å². The molecule has 1 N–H and O–H groups in total. The van der Waals surface area contributed by atoms with Gasteiger partial charge in [-0.1, -0.05) is 18.2 Å². The number of carbonyl (C=O) groups excluding carboxylic acids is 1. The van der Waals surface area contributed by atoms with Crippen LogP contribution in [-0.4, -0.2) is 27.8 Å². The maximum atomic E-state index is 12.0. The van der Waals surface area contributed by atoms with Crippen molar-refractivity contribution in [2.45, 2.75) is 0 Å². The summed E-state index contributed by atoms with van der Waals surface area (Å²) in [4.78, 5) is 16.2. The molecule has 0 unspecified atom stereocenters. The number of carbonyl (C=O) groups is 1. The Hall–Kier alpha value is -3.87. The number of methoxy groups -OCH3 is 1. The van der Waals surface area contributed by atoms with E-state index in [4.69, 9.17) is 9.47 Å². The third kappa shape index (κ3) is 3.72. The fraction of sp³-hybridized carbons (Fsp3) is 0.0500. The number of rotatable bonds is 4. The molecule has 3 heterocycles. The number of para-hydroxylation sites is 1. The van der Waals surface area contributed by atoms with Crippen molar-refractivity contribution in [3.63, 3.8) is 0 Å². The van der Waals surface area contributed by atoms with E-state index in [1.54, 1.807) is 48.2 Å². The molecule has 0 bridgehead atoms. The standard InChI is InChI=1S/C20H16N4O3/c1-26-19-8-7-15(13-21-19)14-9-10-24-16(11-14)12-18(23-24)22-20(25)27-17-5-3-2-4-6-17/h2-13H,1H3,(H,22,23,25). The molecule has 4 aromatic rings. The van der Waals surface area contributed by atoms with Gasteiger partial charge in [-0.25, -0.2) is 14.3 Å². The van der Waals surface area contributed by atoms with E-state index in [1.807, 2.05) is 36.5 Å². The number of nitrogens with one attached hydrogen (secondary N) is 1. The summed E-state index contributed by atoms with van der Waals surface area (Å²) in [5.74, 6) is 1.43. The number of hydrogen-bond acceptors (Lipinski definition) is 5. The van der Waals surface area contributed by atoms with Gasteiger partial charge in [0.15, 0.2) is 5.82 Å². The molecule has 27 heavy (non-hydrogen) atoms. The lowest BCUT2D eigenvalue weighted by Crippen LogP contribution is -2.16. The van der Waals surface area contributed by atoms with Gasteiger partial charge in [0.25, 0.3) is 0 Å². The van der Waals surface area contributed by atoms with Gasteiger partial charge < -0.3 is 9.47 Å². The van der Waals surface area contributed by atoms with E-state index in [0.29, 0.717) is 17.4 Å². The van der Waals surface area contributed by atoms with E-state index in [-0.39, 0.29) is 0 Å². The molecule has 0 aliphatic heterocycles. The molecule has 0 fully saturated rings. The van der Waals surface area contributed by atoms with Crippen LogP contribution in [0.5, 0.6) is 11.6 Å².